The molecule has 0 unspecified atom stereocenters. The Labute approximate surface area is 122 Å². The van der Waals surface area contributed by atoms with Crippen LogP contribution in [-0.4, -0.2) is 16.7 Å². The van der Waals surface area contributed by atoms with Crippen LogP contribution in [0.25, 0.3) is 0 Å². The third kappa shape index (κ3) is 2.09. The van der Waals surface area contributed by atoms with E-state index in [0.717, 1.165) is 5.56 Å². The molecule has 21 heavy (non-hydrogen) atoms. The normalized spacial score (nSPS) is 14.7. The van der Waals surface area contributed by atoms with E-state index in [1.807, 2.05) is 30.3 Å². The number of rotatable bonds is 3. The summed E-state index contributed by atoms with van der Waals surface area (Å²) >= 11 is 0. The number of amides is 2. The van der Waals surface area contributed by atoms with Crippen LogP contribution < -0.4 is 0 Å². The molecule has 0 spiro atoms. The molecule has 1 heterocycles. The van der Waals surface area contributed by atoms with Crippen molar-refractivity contribution >= 4 is 11.8 Å². The third-order valence-corrected chi connectivity index (χ3v) is 3.61. The second-order valence-electron chi connectivity index (χ2n) is 4.81. The van der Waals surface area contributed by atoms with Crippen molar-refractivity contribution in [3.05, 3.63) is 71.3 Å². The van der Waals surface area contributed by atoms with Crippen LogP contribution >= 0.6 is 0 Å². The second kappa shape index (κ2) is 5.22. The molecule has 1 atom stereocenters. The van der Waals surface area contributed by atoms with E-state index in [4.69, 9.17) is 5.26 Å². The summed E-state index contributed by atoms with van der Waals surface area (Å²) in [4.78, 5) is 26.2. The monoisotopic (exact) mass is 276 g/mol. The summed E-state index contributed by atoms with van der Waals surface area (Å²) in [6, 6.07) is 17.4. The lowest BCUT2D eigenvalue weighted by Crippen LogP contribution is -2.34. The number of hydrogen-bond donors (Lipinski definition) is 0. The largest absolute Gasteiger partial charge is 0.269 e. The topological polar surface area (TPSA) is 61.2 Å². The summed E-state index contributed by atoms with van der Waals surface area (Å²) in [6.45, 7) is 0. The van der Waals surface area contributed by atoms with E-state index in [0.29, 0.717) is 11.1 Å². The minimum absolute atomic E-state index is 0.0789. The SMILES string of the molecule is N#CC[C@H](c1ccccc1)N1C(=O)c2ccccc2C1=O. The van der Waals surface area contributed by atoms with Crippen molar-refractivity contribution in [2.24, 2.45) is 0 Å². The van der Waals surface area contributed by atoms with Gasteiger partial charge in [-0.1, -0.05) is 42.5 Å². The molecule has 0 N–H and O–H groups in total. The van der Waals surface area contributed by atoms with Crippen LogP contribution in [0.4, 0.5) is 0 Å². The summed E-state index contributed by atoms with van der Waals surface area (Å²) in [5, 5.41) is 9.05. The Bertz CT molecular complexity index is 712. The van der Waals surface area contributed by atoms with Crippen molar-refractivity contribution in [3.63, 3.8) is 0 Å². The molecule has 0 saturated carbocycles. The maximum atomic E-state index is 12.5. The van der Waals surface area contributed by atoms with E-state index in [1.165, 1.54) is 4.90 Å². The summed E-state index contributed by atoms with van der Waals surface area (Å²) < 4.78 is 0. The van der Waals surface area contributed by atoms with Gasteiger partial charge in [0.25, 0.3) is 11.8 Å². The molecule has 2 amide bonds. The Kier molecular flexibility index (Phi) is 3.25. The van der Waals surface area contributed by atoms with Crippen LogP contribution in [-0.2, 0) is 0 Å². The first-order chi connectivity index (χ1) is 10.2. The molecule has 1 aliphatic heterocycles. The fraction of sp³-hybridized carbons (Fsp3) is 0.118. The molecule has 0 aliphatic carbocycles. The number of benzene rings is 2. The van der Waals surface area contributed by atoms with Crippen molar-refractivity contribution in [2.75, 3.05) is 0 Å². The molecule has 0 fully saturated rings. The Morgan fingerprint density at radius 1 is 0.905 bits per heavy atom. The zero-order valence-electron chi connectivity index (χ0n) is 11.2. The molecule has 4 nitrogen and oxygen atoms in total. The van der Waals surface area contributed by atoms with E-state index in [9.17, 15) is 9.59 Å². The molecule has 4 heteroatoms. The molecule has 2 aromatic carbocycles. The Balaban J connectivity index is 2.05. The van der Waals surface area contributed by atoms with Gasteiger partial charge >= 0.3 is 0 Å². The van der Waals surface area contributed by atoms with Crippen LogP contribution in [0.3, 0.4) is 0 Å². The smallest absolute Gasteiger partial charge is 0.262 e. The quantitative estimate of drug-likeness (QED) is 0.810. The van der Waals surface area contributed by atoms with Gasteiger partial charge in [-0.3, -0.25) is 14.5 Å². The predicted octanol–water partition coefficient (Wildman–Crippen LogP) is 2.94. The van der Waals surface area contributed by atoms with Crippen molar-refractivity contribution in [1.29, 1.82) is 5.26 Å². The first-order valence-corrected chi connectivity index (χ1v) is 6.63. The number of carbonyl (C=O) groups is 2. The van der Waals surface area contributed by atoms with Gasteiger partial charge in [-0.25, -0.2) is 0 Å². The van der Waals surface area contributed by atoms with Gasteiger partial charge in [-0.2, -0.15) is 5.26 Å². The zero-order chi connectivity index (χ0) is 14.8. The first-order valence-electron chi connectivity index (χ1n) is 6.63. The average Bonchev–Trinajstić information content (AvgIpc) is 2.78. The van der Waals surface area contributed by atoms with Gasteiger partial charge in [0.1, 0.15) is 0 Å². The van der Waals surface area contributed by atoms with E-state index in [2.05, 4.69) is 6.07 Å². The number of carbonyl (C=O) groups excluding carboxylic acids is 2. The zero-order valence-corrected chi connectivity index (χ0v) is 11.2. The average molecular weight is 276 g/mol. The molecule has 0 aromatic heterocycles. The lowest BCUT2D eigenvalue weighted by molar-refractivity contribution is 0.0584. The standard InChI is InChI=1S/C17H12N2O2/c18-11-10-15(12-6-2-1-3-7-12)19-16(20)13-8-4-5-9-14(13)17(19)21/h1-9,15H,10H2/t15-/m1/s1. The van der Waals surface area contributed by atoms with Gasteiger partial charge in [0.05, 0.1) is 29.7 Å². The number of imide groups is 1. The Morgan fingerprint density at radius 3 is 1.95 bits per heavy atom. The van der Waals surface area contributed by atoms with Gasteiger partial charge in [0.2, 0.25) is 0 Å². The molecule has 1 aliphatic rings. The molecule has 3 rings (SSSR count). The molecule has 102 valence electrons. The predicted molar refractivity (Wildman–Crippen MR) is 76.4 cm³/mol. The lowest BCUT2D eigenvalue weighted by Gasteiger charge is -2.24. The highest BCUT2D eigenvalue weighted by Gasteiger charge is 2.40. The van der Waals surface area contributed by atoms with E-state index in [-0.39, 0.29) is 18.2 Å². The Hall–Kier alpha value is -2.93. The summed E-state index contributed by atoms with van der Waals surface area (Å²) in [6.07, 6.45) is 0.0789. The van der Waals surface area contributed by atoms with E-state index >= 15 is 0 Å². The van der Waals surface area contributed by atoms with Crippen LogP contribution in [0.15, 0.2) is 54.6 Å². The maximum Gasteiger partial charge on any atom is 0.262 e. The van der Waals surface area contributed by atoms with Crippen molar-refractivity contribution in [2.45, 2.75) is 12.5 Å². The third-order valence-electron chi connectivity index (χ3n) is 3.61. The minimum atomic E-state index is -0.552. The van der Waals surface area contributed by atoms with Gasteiger partial charge < -0.3 is 0 Å². The van der Waals surface area contributed by atoms with Crippen molar-refractivity contribution < 1.29 is 9.59 Å². The van der Waals surface area contributed by atoms with Crippen LogP contribution in [0.5, 0.6) is 0 Å². The van der Waals surface area contributed by atoms with Gasteiger partial charge in [0.15, 0.2) is 0 Å². The van der Waals surface area contributed by atoms with E-state index in [1.54, 1.807) is 24.3 Å². The first kappa shape index (κ1) is 13.1. The molecule has 0 saturated heterocycles. The fourth-order valence-corrected chi connectivity index (χ4v) is 2.61. The molecular weight excluding hydrogens is 264 g/mol. The molecule has 2 aromatic rings. The summed E-state index contributed by atoms with van der Waals surface area (Å²) in [5.41, 5.74) is 1.59. The lowest BCUT2D eigenvalue weighted by atomic mass is 10.0. The van der Waals surface area contributed by atoms with Crippen molar-refractivity contribution in [1.82, 2.24) is 4.90 Å². The van der Waals surface area contributed by atoms with Gasteiger partial charge in [-0.15, -0.1) is 0 Å². The number of nitrogens with zero attached hydrogens (tertiary/aromatic N) is 2. The number of nitriles is 1. The highest BCUT2D eigenvalue weighted by molar-refractivity contribution is 6.21. The summed E-state index contributed by atoms with van der Waals surface area (Å²) in [7, 11) is 0. The highest BCUT2D eigenvalue weighted by atomic mass is 16.2. The van der Waals surface area contributed by atoms with E-state index < -0.39 is 6.04 Å². The van der Waals surface area contributed by atoms with Gasteiger partial charge in [0, 0.05) is 0 Å². The van der Waals surface area contributed by atoms with Crippen molar-refractivity contribution in [3.8, 4) is 6.07 Å². The molecule has 0 bridgehead atoms. The fourth-order valence-electron chi connectivity index (χ4n) is 2.61. The number of hydrogen-bond acceptors (Lipinski definition) is 3. The highest BCUT2D eigenvalue weighted by Crippen LogP contribution is 2.32. The van der Waals surface area contributed by atoms with Gasteiger partial charge in [-0.05, 0) is 17.7 Å². The number of fused-ring (bicyclic) bond motifs is 1. The molecule has 0 radical (unpaired) electrons. The minimum Gasteiger partial charge on any atom is -0.269 e. The summed E-state index contributed by atoms with van der Waals surface area (Å²) in [5.74, 6) is -0.667. The Morgan fingerprint density at radius 2 is 1.43 bits per heavy atom. The van der Waals surface area contributed by atoms with Crippen LogP contribution in [0.1, 0.15) is 38.7 Å². The maximum absolute atomic E-state index is 12.5. The van der Waals surface area contributed by atoms with Crippen LogP contribution in [0, 0.1) is 11.3 Å². The second-order valence-corrected chi connectivity index (χ2v) is 4.81. The molecular formula is C17H12N2O2. The van der Waals surface area contributed by atoms with Crippen LogP contribution in [0.2, 0.25) is 0 Å².